The summed E-state index contributed by atoms with van der Waals surface area (Å²) in [6.45, 7) is 4.49. The van der Waals surface area contributed by atoms with Crippen LogP contribution >= 0.6 is 12.6 Å². The number of benzene rings is 2. The lowest BCUT2D eigenvalue weighted by atomic mass is 10.1. The van der Waals surface area contributed by atoms with Crippen molar-refractivity contribution in [2.24, 2.45) is 10.9 Å². The predicted octanol–water partition coefficient (Wildman–Crippen LogP) is 4.36. The highest BCUT2D eigenvalue weighted by molar-refractivity contribution is 7.85. The van der Waals surface area contributed by atoms with Gasteiger partial charge in [-0.3, -0.25) is 9.79 Å². The molecule has 0 saturated heterocycles. The molecule has 0 aliphatic carbocycles. The molecule has 5 heteroatoms. The smallest absolute Gasteiger partial charge is 0.259 e. The van der Waals surface area contributed by atoms with Crippen molar-refractivity contribution in [1.82, 2.24) is 5.32 Å². The van der Waals surface area contributed by atoms with E-state index >= 15 is 0 Å². The molecule has 2 N–H and O–H groups in total. The Balaban J connectivity index is 1.93. The van der Waals surface area contributed by atoms with Crippen LogP contribution in [0.15, 0.2) is 70.2 Å². The maximum atomic E-state index is 12.4. The van der Waals surface area contributed by atoms with Gasteiger partial charge < -0.3 is 10.4 Å². The molecule has 1 amide bonds. The number of allylic oxidation sites excluding steroid dienone is 1. The monoisotopic (exact) mass is 406 g/mol. The van der Waals surface area contributed by atoms with Crippen molar-refractivity contribution in [1.29, 1.82) is 0 Å². The molecule has 0 aromatic heterocycles. The summed E-state index contributed by atoms with van der Waals surface area (Å²) in [7, 11) is 0. The molecule has 0 atom stereocenters. The van der Waals surface area contributed by atoms with E-state index in [1.807, 2.05) is 32.0 Å². The van der Waals surface area contributed by atoms with Crippen LogP contribution in [0.4, 0.5) is 0 Å². The highest BCUT2D eigenvalue weighted by atomic mass is 32.1. The maximum absolute atomic E-state index is 12.4. The predicted molar refractivity (Wildman–Crippen MR) is 122 cm³/mol. The quantitative estimate of drug-likeness (QED) is 0.210. The van der Waals surface area contributed by atoms with Gasteiger partial charge in [-0.1, -0.05) is 50.1 Å². The third kappa shape index (κ3) is 7.89. The zero-order chi connectivity index (χ0) is 21.1. The highest BCUT2D eigenvalue weighted by Gasteiger charge is 2.13. The van der Waals surface area contributed by atoms with Crippen molar-refractivity contribution in [2.75, 3.05) is 6.54 Å². The minimum Gasteiger partial charge on any atom is -0.508 e. The van der Waals surface area contributed by atoms with E-state index in [1.165, 1.54) is 11.8 Å². The molecule has 0 aliphatic rings. The van der Waals surface area contributed by atoms with E-state index in [9.17, 15) is 9.90 Å². The summed E-state index contributed by atoms with van der Waals surface area (Å²) >= 11 is 4.39. The first kappa shape index (κ1) is 22.3. The van der Waals surface area contributed by atoms with Crippen LogP contribution in [-0.4, -0.2) is 23.8 Å². The van der Waals surface area contributed by atoms with Gasteiger partial charge in [0, 0.05) is 12.1 Å². The van der Waals surface area contributed by atoms with Crippen molar-refractivity contribution in [2.45, 2.75) is 26.7 Å². The fraction of sp³-hybridized carbons (Fsp3) is 0.250. The summed E-state index contributed by atoms with van der Waals surface area (Å²) in [6.07, 6.45) is 3.24. The summed E-state index contributed by atoms with van der Waals surface area (Å²) in [6, 6.07) is 16.8. The third-order valence-corrected chi connectivity index (χ3v) is 4.56. The second-order valence-corrected chi connectivity index (χ2v) is 7.26. The normalized spacial score (nSPS) is 11.7. The number of rotatable bonds is 7. The summed E-state index contributed by atoms with van der Waals surface area (Å²) < 4.78 is 0. The van der Waals surface area contributed by atoms with Crippen molar-refractivity contribution in [3.05, 3.63) is 76.3 Å². The minimum atomic E-state index is -0.228. The average Bonchev–Trinajstić information content (AvgIpc) is 2.72. The molecule has 0 heterocycles. The molecule has 150 valence electrons. The van der Waals surface area contributed by atoms with Gasteiger partial charge >= 0.3 is 0 Å². The van der Waals surface area contributed by atoms with Crippen LogP contribution in [0, 0.1) is 17.8 Å². The van der Waals surface area contributed by atoms with Crippen LogP contribution in [0.5, 0.6) is 5.75 Å². The lowest BCUT2D eigenvalue weighted by molar-refractivity contribution is -0.116. The van der Waals surface area contributed by atoms with Gasteiger partial charge in [-0.15, -0.1) is 12.6 Å². The Hall–Kier alpha value is -2.97. The number of carbonyl (C=O) groups is 1. The zero-order valence-electron chi connectivity index (χ0n) is 16.7. The van der Waals surface area contributed by atoms with E-state index in [4.69, 9.17) is 0 Å². The van der Waals surface area contributed by atoms with Crippen LogP contribution in [0.25, 0.3) is 0 Å². The van der Waals surface area contributed by atoms with Gasteiger partial charge in [0.25, 0.3) is 5.91 Å². The van der Waals surface area contributed by atoms with Gasteiger partial charge in [-0.25, -0.2) is 0 Å². The molecule has 0 aliphatic heterocycles. The molecule has 2 aromatic rings. The lowest BCUT2D eigenvalue weighted by Gasteiger charge is -2.11. The number of nitrogens with zero attached hydrogens (tertiary/aromatic N) is 1. The SMILES string of the molecule is CC(C)/C(N=CC#Cc1ccc(O)cc1)=C(/S)C(=O)NCCCc1ccccc1. The second kappa shape index (κ2) is 11.8. The van der Waals surface area contributed by atoms with Crippen LogP contribution < -0.4 is 5.32 Å². The molecule has 0 unspecified atom stereocenters. The van der Waals surface area contributed by atoms with Crippen LogP contribution in [0.2, 0.25) is 0 Å². The number of carbonyl (C=O) groups excluding carboxylic acids is 1. The summed E-state index contributed by atoms with van der Waals surface area (Å²) in [5.41, 5.74) is 2.61. The topological polar surface area (TPSA) is 61.7 Å². The minimum absolute atomic E-state index is 0.0318. The number of aromatic hydroxyl groups is 1. The first-order valence-electron chi connectivity index (χ1n) is 9.55. The molecule has 0 bridgehead atoms. The summed E-state index contributed by atoms with van der Waals surface area (Å²) in [4.78, 5) is 17.1. The Morgan fingerprint density at radius 2 is 1.86 bits per heavy atom. The number of aryl methyl sites for hydroxylation is 1. The molecule has 0 fully saturated rings. The van der Waals surface area contributed by atoms with E-state index in [0.29, 0.717) is 17.1 Å². The molecular weight excluding hydrogens is 380 g/mol. The van der Waals surface area contributed by atoms with Crippen LogP contribution in [0.1, 0.15) is 31.4 Å². The van der Waals surface area contributed by atoms with E-state index in [2.05, 4.69) is 46.9 Å². The Labute approximate surface area is 178 Å². The average molecular weight is 407 g/mol. The maximum Gasteiger partial charge on any atom is 0.259 e. The van der Waals surface area contributed by atoms with Crippen molar-refractivity contribution in [3.8, 4) is 17.6 Å². The summed E-state index contributed by atoms with van der Waals surface area (Å²) in [5.74, 6) is 5.78. The molecule has 2 rings (SSSR count). The van der Waals surface area contributed by atoms with Gasteiger partial charge in [-0.2, -0.15) is 0 Å². The second-order valence-electron chi connectivity index (χ2n) is 6.81. The third-order valence-electron chi connectivity index (χ3n) is 4.13. The number of thiol groups is 1. The summed E-state index contributed by atoms with van der Waals surface area (Å²) in [5, 5.41) is 12.2. The molecule has 4 nitrogen and oxygen atoms in total. The number of phenols is 1. The van der Waals surface area contributed by atoms with Gasteiger partial charge in [0.05, 0.1) is 16.8 Å². The van der Waals surface area contributed by atoms with E-state index in [1.54, 1.807) is 24.3 Å². The zero-order valence-corrected chi connectivity index (χ0v) is 17.6. The van der Waals surface area contributed by atoms with Gasteiger partial charge in [0.1, 0.15) is 5.75 Å². The van der Waals surface area contributed by atoms with Crippen molar-refractivity contribution >= 4 is 24.8 Å². The number of hydrogen-bond acceptors (Lipinski definition) is 4. The molecule has 29 heavy (non-hydrogen) atoms. The molecule has 2 aromatic carbocycles. The first-order chi connectivity index (χ1) is 14.0. The largest absolute Gasteiger partial charge is 0.508 e. The molecule has 0 saturated carbocycles. The number of nitrogens with one attached hydrogen (secondary N) is 1. The number of aliphatic imine (C=N–C) groups is 1. The van der Waals surface area contributed by atoms with Crippen LogP contribution in [-0.2, 0) is 11.2 Å². The van der Waals surface area contributed by atoms with Gasteiger partial charge in [-0.05, 0) is 54.5 Å². The van der Waals surface area contributed by atoms with Crippen LogP contribution in [0.3, 0.4) is 0 Å². The van der Waals surface area contributed by atoms with E-state index in [0.717, 1.165) is 18.4 Å². The molecule has 0 radical (unpaired) electrons. The van der Waals surface area contributed by atoms with Gasteiger partial charge in [0.2, 0.25) is 0 Å². The lowest BCUT2D eigenvalue weighted by Crippen LogP contribution is -2.26. The standard InChI is InChI=1S/C24H26N2O2S/c1-18(2)22(25-16-6-11-20-12-14-21(27)15-13-20)23(29)24(28)26-17-7-10-19-8-4-3-5-9-19/h3-5,8-9,12-16,18,27,29H,7,10,17H2,1-2H3,(H,26,28)/b23-22-,25-16?. The fourth-order valence-electron chi connectivity index (χ4n) is 2.58. The molecule has 0 spiro atoms. The Morgan fingerprint density at radius 3 is 2.52 bits per heavy atom. The Morgan fingerprint density at radius 1 is 1.17 bits per heavy atom. The van der Waals surface area contributed by atoms with Gasteiger partial charge in [0.15, 0.2) is 0 Å². The first-order valence-corrected chi connectivity index (χ1v) is 10.0. The number of hydrogen-bond donors (Lipinski definition) is 3. The Bertz CT molecular complexity index is 921. The number of amides is 1. The fourth-order valence-corrected chi connectivity index (χ4v) is 2.98. The number of phenolic OH excluding ortho intramolecular Hbond substituents is 1. The highest BCUT2D eigenvalue weighted by Crippen LogP contribution is 2.19. The van der Waals surface area contributed by atoms with E-state index < -0.39 is 0 Å². The van der Waals surface area contributed by atoms with Crippen molar-refractivity contribution in [3.63, 3.8) is 0 Å². The Kier molecular flexibility index (Phi) is 9.07. The van der Waals surface area contributed by atoms with E-state index in [-0.39, 0.29) is 17.6 Å². The molecular formula is C24H26N2O2S. The van der Waals surface area contributed by atoms with Crippen molar-refractivity contribution < 1.29 is 9.90 Å².